The van der Waals surface area contributed by atoms with Crippen LogP contribution in [-0.2, 0) is 4.79 Å². The molecule has 0 aliphatic rings. The molecule has 5 nitrogen and oxygen atoms in total. The van der Waals surface area contributed by atoms with Crippen LogP contribution >= 0.6 is 0 Å². The highest BCUT2D eigenvalue weighted by molar-refractivity contribution is 6.01. The van der Waals surface area contributed by atoms with Gasteiger partial charge in [-0.3, -0.25) is 9.59 Å². The number of amides is 2. The molecule has 2 aromatic rings. The molecule has 2 amide bonds. The second-order valence-electron chi connectivity index (χ2n) is 6.15. The van der Waals surface area contributed by atoms with E-state index >= 15 is 0 Å². The SMILES string of the molecule is CCOc1ccc(NC(=O)[C@H](NC(=O)c2ccccc2)[C@@H](C)CC)cc1. The Labute approximate surface area is 154 Å². The summed E-state index contributed by atoms with van der Waals surface area (Å²) in [5.41, 5.74) is 1.20. The normalized spacial score (nSPS) is 12.7. The molecule has 0 fully saturated rings. The molecule has 2 atom stereocenters. The van der Waals surface area contributed by atoms with Crippen molar-refractivity contribution < 1.29 is 14.3 Å². The maximum absolute atomic E-state index is 12.7. The van der Waals surface area contributed by atoms with Gasteiger partial charge in [0.2, 0.25) is 5.91 Å². The van der Waals surface area contributed by atoms with Gasteiger partial charge in [-0.05, 0) is 49.2 Å². The predicted octanol–water partition coefficient (Wildman–Crippen LogP) is 3.87. The number of benzene rings is 2. The minimum absolute atomic E-state index is 0.00496. The lowest BCUT2D eigenvalue weighted by Gasteiger charge is -2.23. The monoisotopic (exact) mass is 354 g/mol. The van der Waals surface area contributed by atoms with Crippen LogP contribution in [0.4, 0.5) is 5.69 Å². The van der Waals surface area contributed by atoms with Crippen LogP contribution in [-0.4, -0.2) is 24.5 Å². The molecule has 2 aromatic carbocycles. The van der Waals surface area contributed by atoms with Gasteiger partial charge in [0.15, 0.2) is 0 Å². The van der Waals surface area contributed by atoms with Gasteiger partial charge in [-0.2, -0.15) is 0 Å². The van der Waals surface area contributed by atoms with E-state index in [1.54, 1.807) is 48.5 Å². The standard InChI is InChI=1S/C21H26N2O3/c1-4-15(3)19(23-20(24)16-9-7-6-8-10-16)21(25)22-17-11-13-18(14-12-17)26-5-2/h6-15,19H,4-5H2,1-3H3,(H,22,25)(H,23,24)/t15-,19+/m0/s1. The Morgan fingerprint density at radius 3 is 2.23 bits per heavy atom. The van der Waals surface area contributed by atoms with Crippen molar-refractivity contribution in [1.29, 1.82) is 0 Å². The lowest BCUT2D eigenvalue weighted by molar-refractivity contribution is -0.119. The van der Waals surface area contributed by atoms with Crippen molar-refractivity contribution in [2.24, 2.45) is 5.92 Å². The minimum Gasteiger partial charge on any atom is -0.494 e. The summed E-state index contributed by atoms with van der Waals surface area (Å²) in [5.74, 6) is 0.275. The predicted molar refractivity (Wildman–Crippen MR) is 103 cm³/mol. The average Bonchev–Trinajstić information content (AvgIpc) is 2.67. The number of hydrogen-bond acceptors (Lipinski definition) is 3. The van der Waals surface area contributed by atoms with Gasteiger partial charge in [-0.15, -0.1) is 0 Å². The van der Waals surface area contributed by atoms with Gasteiger partial charge in [-0.25, -0.2) is 0 Å². The van der Waals surface area contributed by atoms with Crippen LogP contribution in [0.3, 0.4) is 0 Å². The second-order valence-corrected chi connectivity index (χ2v) is 6.15. The first-order valence-corrected chi connectivity index (χ1v) is 8.94. The molecule has 0 aliphatic heterocycles. The Morgan fingerprint density at radius 2 is 1.65 bits per heavy atom. The van der Waals surface area contributed by atoms with E-state index in [4.69, 9.17) is 4.74 Å². The molecule has 0 radical (unpaired) electrons. The van der Waals surface area contributed by atoms with Gasteiger partial charge in [-0.1, -0.05) is 38.5 Å². The van der Waals surface area contributed by atoms with Crippen molar-refractivity contribution >= 4 is 17.5 Å². The summed E-state index contributed by atoms with van der Waals surface area (Å²) < 4.78 is 5.40. The van der Waals surface area contributed by atoms with Gasteiger partial charge in [0.1, 0.15) is 11.8 Å². The Hall–Kier alpha value is -2.82. The number of carbonyl (C=O) groups is 2. The summed E-state index contributed by atoms with van der Waals surface area (Å²) in [6.45, 7) is 6.46. The molecule has 5 heteroatoms. The van der Waals surface area contributed by atoms with Crippen molar-refractivity contribution in [3.05, 3.63) is 60.2 Å². The zero-order valence-electron chi connectivity index (χ0n) is 15.5. The number of anilines is 1. The van der Waals surface area contributed by atoms with Crippen LogP contribution in [0.2, 0.25) is 0 Å². The first-order chi connectivity index (χ1) is 12.5. The van der Waals surface area contributed by atoms with E-state index in [-0.39, 0.29) is 17.7 Å². The third-order valence-electron chi connectivity index (χ3n) is 4.25. The fourth-order valence-electron chi connectivity index (χ4n) is 2.54. The summed E-state index contributed by atoms with van der Waals surface area (Å²) in [5, 5.41) is 5.73. The van der Waals surface area contributed by atoms with E-state index in [0.29, 0.717) is 17.9 Å². The third kappa shape index (κ3) is 5.34. The van der Waals surface area contributed by atoms with Crippen molar-refractivity contribution in [2.45, 2.75) is 33.2 Å². The highest BCUT2D eigenvalue weighted by atomic mass is 16.5. The molecule has 0 unspecified atom stereocenters. The van der Waals surface area contributed by atoms with E-state index in [2.05, 4.69) is 10.6 Å². The second kappa shape index (κ2) is 9.61. The van der Waals surface area contributed by atoms with Crippen molar-refractivity contribution in [3.8, 4) is 5.75 Å². The molecule has 2 N–H and O–H groups in total. The number of hydrogen-bond donors (Lipinski definition) is 2. The molecule has 0 heterocycles. The van der Waals surface area contributed by atoms with E-state index < -0.39 is 6.04 Å². The maximum atomic E-state index is 12.7. The van der Waals surface area contributed by atoms with Gasteiger partial charge < -0.3 is 15.4 Å². The van der Waals surface area contributed by atoms with Crippen molar-refractivity contribution in [3.63, 3.8) is 0 Å². The summed E-state index contributed by atoms with van der Waals surface area (Å²) >= 11 is 0. The summed E-state index contributed by atoms with van der Waals surface area (Å²) in [4.78, 5) is 25.2. The molecule has 0 aliphatic carbocycles. The molecular weight excluding hydrogens is 328 g/mol. The fraction of sp³-hybridized carbons (Fsp3) is 0.333. The number of carbonyl (C=O) groups excluding carboxylic acids is 2. The van der Waals surface area contributed by atoms with Gasteiger partial charge in [0.25, 0.3) is 5.91 Å². The molecule has 0 bridgehead atoms. The van der Waals surface area contributed by atoms with Crippen LogP contribution in [0.25, 0.3) is 0 Å². The first-order valence-electron chi connectivity index (χ1n) is 8.94. The molecule has 26 heavy (non-hydrogen) atoms. The zero-order chi connectivity index (χ0) is 18.9. The van der Waals surface area contributed by atoms with Gasteiger partial charge in [0.05, 0.1) is 6.61 Å². The molecule has 138 valence electrons. The maximum Gasteiger partial charge on any atom is 0.251 e. The topological polar surface area (TPSA) is 67.4 Å². The average molecular weight is 354 g/mol. The van der Waals surface area contributed by atoms with E-state index in [0.717, 1.165) is 12.2 Å². The zero-order valence-corrected chi connectivity index (χ0v) is 15.5. The third-order valence-corrected chi connectivity index (χ3v) is 4.25. The molecule has 0 spiro atoms. The summed E-state index contributed by atoms with van der Waals surface area (Å²) in [7, 11) is 0. The Balaban J connectivity index is 2.07. The number of rotatable bonds is 8. The van der Waals surface area contributed by atoms with Crippen molar-refractivity contribution in [2.75, 3.05) is 11.9 Å². The van der Waals surface area contributed by atoms with E-state index in [1.165, 1.54) is 0 Å². The van der Waals surface area contributed by atoms with Crippen LogP contribution < -0.4 is 15.4 Å². The van der Waals surface area contributed by atoms with Gasteiger partial charge in [0, 0.05) is 11.3 Å². The Kier molecular flexibility index (Phi) is 7.21. The van der Waals surface area contributed by atoms with Crippen molar-refractivity contribution in [1.82, 2.24) is 5.32 Å². The molecule has 0 saturated heterocycles. The van der Waals surface area contributed by atoms with Crippen LogP contribution in [0.15, 0.2) is 54.6 Å². The van der Waals surface area contributed by atoms with Crippen LogP contribution in [0, 0.1) is 5.92 Å². The Bertz CT molecular complexity index is 714. The summed E-state index contributed by atoms with van der Waals surface area (Å²) in [6.07, 6.45) is 0.774. The molecule has 0 aromatic heterocycles. The number of ether oxygens (including phenoxy) is 1. The highest BCUT2D eigenvalue weighted by Crippen LogP contribution is 2.17. The summed E-state index contributed by atoms with van der Waals surface area (Å²) in [6, 6.07) is 15.5. The minimum atomic E-state index is -0.612. The van der Waals surface area contributed by atoms with E-state index in [9.17, 15) is 9.59 Å². The van der Waals surface area contributed by atoms with E-state index in [1.807, 2.05) is 26.8 Å². The largest absolute Gasteiger partial charge is 0.494 e. The molecule has 0 saturated carbocycles. The quantitative estimate of drug-likeness (QED) is 0.756. The van der Waals surface area contributed by atoms with Crippen LogP contribution in [0.1, 0.15) is 37.6 Å². The molecule has 2 rings (SSSR count). The highest BCUT2D eigenvalue weighted by Gasteiger charge is 2.26. The smallest absolute Gasteiger partial charge is 0.251 e. The lowest BCUT2D eigenvalue weighted by Crippen LogP contribution is -2.47. The van der Waals surface area contributed by atoms with Gasteiger partial charge >= 0.3 is 0 Å². The lowest BCUT2D eigenvalue weighted by atomic mass is 9.97. The molecular formula is C21H26N2O3. The first kappa shape index (κ1) is 19.5. The fourth-order valence-corrected chi connectivity index (χ4v) is 2.54. The number of nitrogens with one attached hydrogen (secondary N) is 2. The Morgan fingerprint density at radius 1 is 1.00 bits per heavy atom. The van der Waals surface area contributed by atoms with Crippen LogP contribution in [0.5, 0.6) is 5.75 Å².